The molecule has 0 spiro atoms. The first-order valence-corrected chi connectivity index (χ1v) is 9.31. The highest BCUT2D eigenvalue weighted by Gasteiger charge is 2.31. The maximum Gasteiger partial charge on any atom is 0.359 e. The second-order valence-electron chi connectivity index (χ2n) is 5.53. The Kier molecular flexibility index (Phi) is 5.55. The van der Waals surface area contributed by atoms with Crippen LogP contribution in [0.3, 0.4) is 0 Å². The van der Waals surface area contributed by atoms with Crippen molar-refractivity contribution < 1.29 is 14.3 Å². The Bertz CT molecular complexity index is 784. The van der Waals surface area contributed by atoms with E-state index in [0.717, 1.165) is 12.8 Å². The zero-order valence-corrected chi connectivity index (χ0v) is 15.0. The van der Waals surface area contributed by atoms with Crippen molar-refractivity contribution in [3.63, 3.8) is 0 Å². The number of halogens is 1. The van der Waals surface area contributed by atoms with Crippen molar-refractivity contribution in [2.75, 3.05) is 6.26 Å². The Morgan fingerprint density at radius 2 is 2.04 bits per heavy atom. The maximum atomic E-state index is 12.5. The fourth-order valence-electron chi connectivity index (χ4n) is 2.16. The van der Waals surface area contributed by atoms with E-state index in [4.69, 9.17) is 16.3 Å². The monoisotopic (exact) mass is 377 g/mol. The standard InChI is InChI=1S/C17H16ClN3O3S/c1-25-17-19-9-12(18)13(21-17)16(23)24-14(10-5-3-2-4-6-10)15(22)20-11-7-8-11/h2-6,9,11,14H,7-8H2,1H3,(H,20,22). The Morgan fingerprint density at radius 1 is 1.32 bits per heavy atom. The summed E-state index contributed by atoms with van der Waals surface area (Å²) < 4.78 is 5.46. The quantitative estimate of drug-likeness (QED) is 0.473. The minimum Gasteiger partial charge on any atom is -0.443 e. The largest absolute Gasteiger partial charge is 0.443 e. The van der Waals surface area contributed by atoms with Gasteiger partial charge < -0.3 is 10.1 Å². The molecule has 1 unspecified atom stereocenters. The minimum atomic E-state index is -1.06. The van der Waals surface area contributed by atoms with Crippen molar-refractivity contribution in [3.8, 4) is 0 Å². The normalized spacial score (nSPS) is 14.6. The fraction of sp³-hybridized carbons (Fsp3) is 0.294. The van der Waals surface area contributed by atoms with Gasteiger partial charge in [-0.15, -0.1) is 0 Å². The summed E-state index contributed by atoms with van der Waals surface area (Å²) in [6.45, 7) is 0. The Labute approximate surface area is 154 Å². The van der Waals surface area contributed by atoms with Crippen molar-refractivity contribution in [2.24, 2.45) is 0 Å². The first kappa shape index (κ1) is 17.7. The van der Waals surface area contributed by atoms with Gasteiger partial charge in [0.1, 0.15) is 0 Å². The van der Waals surface area contributed by atoms with Crippen LogP contribution in [0.4, 0.5) is 0 Å². The smallest absolute Gasteiger partial charge is 0.359 e. The molecule has 0 radical (unpaired) electrons. The molecule has 0 bridgehead atoms. The highest BCUT2D eigenvalue weighted by molar-refractivity contribution is 7.98. The number of hydrogen-bond acceptors (Lipinski definition) is 6. The molecule has 1 saturated carbocycles. The lowest BCUT2D eigenvalue weighted by Crippen LogP contribution is -2.33. The number of carbonyl (C=O) groups excluding carboxylic acids is 2. The molecule has 25 heavy (non-hydrogen) atoms. The molecule has 1 N–H and O–H groups in total. The number of benzene rings is 1. The number of nitrogens with one attached hydrogen (secondary N) is 1. The highest BCUT2D eigenvalue weighted by Crippen LogP contribution is 2.25. The van der Waals surface area contributed by atoms with Gasteiger partial charge in [-0.1, -0.05) is 53.7 Å². The maximum absolute atomic E-state index is 12.5. The number of rotatable bonds is 6. The molecule has 1 aliphatic carbocycles. The van der Waals surface area contributed by atoms with Crippen LogP contribution in [0.1, 0.15) is 35.0 Å². The van der Waals surface area contributed by atoms with Gasteiger partial charge in [-0.25, -0.2) is 14.8 Å². The van der Waals surface area contributed by atoms with Gasteiger partial charge in [-0.2, -0.15) is 0 Å². The lowest BCUT2D eigenvalue weighted by atomic mass is 10.1. The molecule has 1 aromatic carbocycles. The molecule has 1 aromatic heterocycles. The van der Waals surface area contributed by atoms with Crippen LogP contribution in [0.5, 0.6) is 0 Å². The predicted octanol–water partition coefficient (Wildman–Crippen LogP) is 3.03. The SMILES string of the molecule is CSc1ncc(Cl)c(C(=O)OC(C(=O)NC2CC2)c2ccccc2)n1. The third-order valence-electron chi connectivity index (χ3n) is 3.59. The zero-order chi connectivity index (χ0) is 17.8. The van der Waals surface area contributed by atoms with Gasteiger partial charge >= 0.3 is 5.97 Å². The number of amides is 1. The number of carbonyl (C=O) groups is 2. The van der Waals surface area contributed by atoms with E-state index < -0.39 is 12.1 Å². The number of ether oxygens (including phenoxy) is 1. The first-order valence-electron chi connectivity index (χ1n) is 7.71. The van der Waals surface area contributed by atoms with Gasteiger partial charge in [0, 0.05) is 11.6 Å². The Morgan fingerprint density at radius 3 is 2.68 bits per heavy atom. The van der Waals surface area contributed by atoms with Gasteiger partial charge in [-0.3, -0.25) is 4.79 Å². The third kappa shape index (κ3) is 4.49. The summed E-state index contributed by atoms with van der Waals surface area (Å²) in [5, 5.41) is 3.34. The van der Waals surface area contributed by atoms with Gasteiger partial charge in [0.2, 0.25) is 6.10 Å². The number of esters is 1. The van der Waals surface area contributed by atoms with E-state index in [9.17, 15) is 9.59 Å². The van der Waals surface area contributed by atoms with Crippen LogP contribution >= 0.6 is 23.4 Å². The summed E-state index contributed by atoms with van der Waals surface area (Å²) in [6.07, 6.45) is 3.96. The molecule has 1 atom stereocenters. The van der Waals surface area contributed by atoms with Crippen molar-refractivity contribution >= 4 is 35.2 Å². The summed E-state index contributed by atoms with van der Waals surface area (Å²) in [5.74, 6) is -1.11. The summed E-state index contributed by atoms with van der Waals surface area (Å²) in [7, 11) is 0. The van der Waals surface area contributed by atoms with Crippen LogP contribution in [0, 0.1) is 0 Å². The fourth-order valence-corrected chi connectivity index (χ4v) is 2.67. The van der Waals surface area contributed by atoms with E-state index in [1.54, 1.807) is 30.5 Å². The Balaban J connectivity index is 1.84. The van der Waals surface area contributed by atoms with Crippen LogP contribution in [0.2, 0.25) is 5.02 Å². The van der Waals surface area contributed by atoms with Gasteiger partial charge in [0.15, 0.2) is 10.9 Å². The lowest BCUT2D eigenvalue weighted by molar-refractivity contribution is -0.130. The molecule has 1 heterocycles. The highest BCUT2D eigenvalue weighted by atomic mass is 35.5. The molecular formula is C17H16ClN3O3S. The predicted molar refractivity (Wildman–Crippen MR) is 94.6 cm³/mol. The van der Waals surface area contributed by atoms with E-state index in [1.165, 1.54) is 18.0 Å². The van der Waals surface area contributed by atoms with Crippen LogP contribution in [0.15, 0.2) is 41.7 Å². The summed E-state index contributed by atoms with van der Waals surface area (Å²) in [5.41, 5.74) is 0.533. The topological polar surface area (TPSA) is 81.2 Å². The van der Waals surface area contributed by atoms with Gasteiger partial charge in [0.25, 0.3) is 5.91 Å². The summed E-state index contributed by atoms with van der Waals surface area (Å²) in [4.78, 5) is 33.1. The van der Waals surface area contributed by atoms with Crippen LogP contribution in [-0.2, 0) is 9.53 Å². The molecule has 1 fully saturated rings. The number of nitrogens with zero attached hydrogens (tertiary/aromatic N) is 2. The molecule has 8 heteroatoms. The van der Waals surface area contributed by atoms with E-state index in [1.807, 2.05) is 6.07 Å². The number of aromatic nitrogens is 2. The molecule has 1 aliphatic rings. The lowest BCUT2D eigenvalue weighted by Gasteiger charge is -2.18. The number of hydrogen-bond donors (Lipinski definition) is 1. The average molecular weight is 378 g/mol. The molecular weight excluding hydrogens is 362 g/mol. The summed E-state index contributed by atoms with van der Waals surface area (Å²) >= 11 is 7.30. The van der Waals surface area contributed by atoms with Crippen LogP contribution in [0.25, 0.3) is 0 Å². The van der Waals surface area contributed by atoms with Crippen LogP contribution < -0.4 is 5.32 Å². The molecule has 1 amide bonds. The van der Waals surface area contributed by atoms with Gasteiger partial charge in [-0.05, 0) is 19.1 Å². The molecule has 3 rings (SSSR count). The molecule has 6 nitrogen and oxygen atoms in total. The number of thioether (sulfide) groups is 1. The van der Waals surface area contributed by atoms with Crippen molar-refractivity contribution in [2.45, 2.75) is 30.1 Å². The Hall–Kier alpha value is -2.12. The second kappa shape index (κ2) is 7.84. The van der Waals surface area contributed by atoms with Crippen LogP contribution in [-0.4, -0.2) is 34.1 Å². The van der Waals surface area contributed by atoms with E-state index in [2.05, 4.69) is 15.3 Å². The average Bonchev–Trinajstić information content (AvgIpc) is 3.44. The van der Waals surface area contributed by atoms with E-state index in [0.29, 0.717) is 10.7 Å². The molecule has 0 saturated heterocycles. The van der Waals surface area contributed by atoms with E-state index >= 15 is 0 Å². The van der Waals surface area contributed by atoms with Gasteiger partial charge in [0.05, 0.1) is 11.2 Å². The zero-order valence-electron chi connectivity index (χ0n) is 13.4. The van der Waals surface area contributed by atoms with Crippen molar-refractivity contribution in [3.05, 3.63) is 52.8 Å². The van der Waals surface area contributed by atoms with E-state index in [-0.39, 0.29) is 22.7 Å². The minimum absolute atomic E-state index is 0.0545. The molecule has 2 aromatic rings. The molecule has 0 aliphatic heterocycles. The second-order valence-corrected chi connectivity index (χ2v) is 6.71. The summed E-state index contributed by atoms with van der Waals surface area (Å²) in [6, 6.07) is 9.02. The third-order valence-corrected chi connectivity index (χ3v) is 4.43. The van der Waals surface area contributed by atoms with Crippen molar-refractivity contribution in [1.29, 1.82) is 0 Å². The molecule has 130 valence electrons. The first-order chi connectivity index (χ1) is 12.1. The van der Waals surface area contributed by atoms with Crippen molar-refractivity contribution in [1.82, 2.24) is 15.3 Å².